The van der Waals surface area contributed by atoms with Gasteiger partial charge in [0.05, 0.1) is 37.1 Å². The summed E-state index contributed by atoms with van der Waals surface area (Å²) in [6.45, 7) is 5.62. The van der Waals surface area contributed by atoms with Gasteiger partial charge in [-0.2, -0.15) is 0 Å². The molecule has 5 atom stereocenters. The van der Waals surface area contributed by atoms with E-state index in [1.165, 1.54) is 6.07 Å². The molecule has 35 heavy (non-hydrogen) atoms. The Hall–Kier alpha value is -2.73. The van der Waals surface area contributed by atoms with E-state index in [0.717, 1.165) is 18.4 Å². The topological polar surface area (TPSA) is 104 Å². The van der Waals surface area contributed by atoms with Crippen molar-refractivity contribution in [2.75, 3.05) is 25.1 Å². The van der Waals surface area contributed by atoms with E-state index in [2.05, 4.69) is 20.3 Å². The number of fused-ring (bicyclic) bond motifs is 3. The van der Waals surface area contributed by atoms with Gasteiger partial charge in [0.2, 0.25) is 5.95 Å². The summed E-state index contributed by atoms with van der Waals surface area (Å²) in [5.74, 6) is -0.222. The minimum atomic E-state index is -0.918. The molecule has 2 bridgehead atoms. The van der Waals surface area contributed by atoms with Crippen LogP contribution in [-0.2, 0) is 14.2 Å². The van der Waals surface area contributed by atoms with Gasteiger partial charge in [-0.25, -0.2) is 23.7 Å². The third kappa shape index (κ3) is 3.96. The van der Waals surface area contributed by atoms with E-state index in [1.54, 1.807) is 6.07 Å². The lowest BCUT2D eigenvalue weighted by atomic mass is 10.0. The third-order valence-electron chi connectivity index (χ3n) is 6.90. The number of aliphatic hydroxyl groups is 1. The summed E-state index contributed by atoms with van der Waals surface area (Å²) < 4.78 is 48.6. The summed E-state index contributed by atoms with van der Waals surface area (Å²) in [7, 11) is 0. The number of benzene rings is 1. The SMILES string of the molecule is CC(C)n1c([C@@H]2CCOC2)nc2c(F)cc(-c3nc(N[C@@H]4C[C@H]5CO[C@H](O5)[C@H]4O)ncc3F)cc21. The predicted molar refractivity (Wildman–Crippen MR) is 122 cm³/mol. The molecule has 1 aromatic carbocycles. The van der Waals surface area contributed by atoms with Gasteiger partial charge in [0, 0.05) is 24.1 Å². The lowest BCUT2D eigenvalue weighted by Gasteiger charge is -2.32. The summed E-state index contributed by atoms with van der Waals surface area (Å²) in [6.07, 6.45) is 0.607. The largest absolute Gasteiger partial charge is 0.386 e. The Balaban J connectivity index is 1.38. The first-order valence-corrected chi connectivity index (χ1v) is 11.9. The van der Waals surface area contributed by atoms with Crippen LogP contribution in [0.2, 0.25) is 0 Å². The highest BCUT2D eigenvalue weighted by molar-refractivity contribution is 5.83. The number of nitrogens with one attached hydrogen (secondary N) is 1. The molecule has 3 aromatic rings. The number of halogens is 2. The van der Waals surface area contributed by atoms with Crippen molar-refractivity contribution in [3.63, 3.8) is 0 Å². The maximum absolute atomic E-state index is 15.3. The molecule has 0 saturated carbocycles. The molecule has 0 aliphatic carbocycles. The predicted octanol–water partition coefficient (Wildman–Crippen LogP) is 3.14. The molecule has 2 N–H and O–H groups in total. The number of aliphatic hydroxyl groups excluding tert-OH is 1. The van der Waals surface area contributed by atoms with Crippen LogP contribution in [0, 0.1) is 11.6 Å². The van der Waals surface area contributed by atoms with Gasteiger partial charge in [-0.1, -0.05) is 0 Å². The fourth-order valence-electron chi connectivity index (χ4n) is 5.21. The van der Waals surface area contributed by atoms with Crippen molar-refractivity contribution < 1.29 is 28.1 Å². The van der Waals surface area contributed by atoms with E-state index in [-0.39, 0.29) is 40.8 Å². The number of hydrogen-bond donors (Lipinski definition) is 2. The fourth-order valence-corrected chi connectivity index (χ4v) is 5.21. The number of ether oxygens (including phenoxy) is 3. The van der Waals surface area contributed by atoms with Crippen LogP contribution in [0.5, 0.6) is 0 Å². The minimum Gasteiger partial charge on any atom is -0.386 e. The molecule has 6 rings (SSSR count). The summed E-state index contributed by atoms with van der Waals surface area (Å²) in [6, 6.07) is 2.57. The normalized spacial score (nSPS) is 28.3. The molecular weight excluding hydrogens is 460 g/mol. The first kappa shape index (κ1) is 22.7. The van der Waals surface area contributed by atoms with Gasteiger partial charge in [0.25, 0.3) is 0 Å². The Morgan fingerprint density at radius 1 is 1.17 bits per heavy atom. The van der Waals surface area contributed by atoms with Crippen LogP contribution in [0.3, 0.4) is 0 Å². The first-order valence-electron chi connectivity index (χ1n) is 11.9. The quantitative estimate of drug-likeness (QED) is 0.566. The zero-order valence-corrected chi connectivity index (χ0v) is 19.4. The molecule has 3 fully saturated rings. The molecule has 9 nitrogen and oxygen atoms in total. The molecule has 3 aliphatic rings. The van der Waals surface area contributed by atoms with Gasteiger partial charge in [-0.15, -0.1) is 0 Å². The highest BCUT2D eigenvalue weighted by atomic mass is 19.1. The summed E-state index contributed by atoms with van der Waals surface area (Å²) in [4.78, 5) is 13.0. The molecular formula is C24H27F2N5O4. The zero-order valence-electron chi connectivity index (χ0n) is 19.4. The number of imidazole rings is 1. The Morgan fingerprint density at radius 2 is 2.03 bits per heavy atom. The van der Waals surface area contributed by atoms with Crippen LogP contribution in [0.1, 0.15) is 44.5 Å². The number of rotatable bonds is 5. The Kier molecular flexibility index (Phi) is 5.67. The van der Waals surface area contributed by atoms with E-state index in [0.29, 0.717) is 31.8 Å². The molecule has 11 heteroatoms. The molecule has 3 aliphatic heterocycles. The fraction of sp³-hybridized carbons (Fsp3) is 0.542. The van der Waals surface area contributed by atoms with E-state index in [9.17, 15) is 9.50 Å². The van der Waals surface area contributed by atoms with Gasteiger partial charge < -0.3 is 29.2 Å². The zero-order chi connectivity index (χ0) is 24.3. The van der Waals surface area contributed by atoms with Crippen molar-refractivity contribution in [3.8, 4) is 11.3 Å². The van der Waals surface area contributed by atoms with E-state index < -0.39 is 30.1 Å². The van der Waals surface area contributed by atoms with Gasteiger partial charge in [-0.05, 0) is 38.8 Å². The monoisotopic (exact) mass is 487 g/mol. The van der Waals surface area contributed by atoms with Crippen LogP contribution in [-0.4, -0.2) is 69.0 Å². The van der Waals surface area contributed by atoms with Gasteiger partial charge in [0.1, 0.15) is 23.1 Å². The van der Waals surface area contributed by atoms with Crippen molar-refractivity contribution in [1.82, 2.24) is 19.5 Å². The Bertz CT molecular complexity index is 1260. The van der Waals surface area contributed by atoms with E-state index >= 15 is 4.39 Å². The van der Waals surface area contributed by atoms with Gasteiger partial charge in [0.15, 0.2) is 17.9 Å². The second kappa shape index (κ2) is 8.74. The van der Waals surface area contributed by atoms with Crippen molar-refractivity contribution in [2.45, 2.75) is 63.2 Å². The molecule has 5 heterocycles. The number of hydrogen-bond acceptors (Lipinski definition) is 8. The highest BCUT2D eigenvalue weighted by Gasteiger charge is 2.43. The molecule has 2 aromatic heterocycles. The number of anilines is 1. The first-order chi connectivity index (χ1) is 16.9. The van der Waals surface area contributed by atoms with Crippen LogP contribution >= 0.6 is 0 Å². The second-order valence-corrected chi connectivity index (χ2v) is 9.65. The smallest absolute Gasteiger partial charge is 0.223 e. The van der Waals surface area contributed by atoms with Crippen LogP contribution in [0.4, 0.5) is 14.7 Å². The van der Waals surface area contributed by atoms with Crippen LogP contribution in [0.15, 0.2) is 18.3 Å². The molecule has 0 unspecified atom stereocenters. The minimum absolute atomic E-state index is 0.0188. The number of nitrogens with zero attached hydrogens (tertiary/aromatic N) is 4. The lowest BCUT2D eigenvalue weighted by molar-refractivity contribution is -0.156. The van der Waals surface area contributed by atoms with E-state index in [1.807, 2.05) is 18.4 Å². The number of aromatic nitrogens is 4. The average Bonchev–Trinajstić information content (AvgIpc) is 3.57. The summed E-state index contributed by atoms with van der Waals surface area (Å²) in [5.41, 5.74) is 1.08. The average molecular weight is 488 g/mol. The van der Waals surface area contributed by atoms with Crippen molar-refractivity contribution in [1.29, 1.82) is 0 Å². The van der Waals surface area contributed by atoms with Crippen molar-refractivity contribution in [2.24, 2.45) is 0 Å². The van der Waals surface area contributed by atoms with Crippen LogP contribution < -0.4 is 5.32 Å². The molecule has 186 valence electrons. The Labute approximate surface area is 200 Å². The highest BCUT2D eigenvalue weighted by Crippen LogP contribution is 2.35. The van der Waals surface area contributed by atoms with Gasteiger partial charge in [-0.3, -0.25) is 0 Å². The summed E-state index contributed by atoms with van der Waals surface area (Å²) >= 11 is 0. The standard InChI is InChI=1S/C24H27F2N5O4/c1-11(2)31-18-6-13(5-15(25)20(18)29-22(31)12-3-4-33-9-12)19-16(26)8-27-24(30-19)28-17-7-14-10-34-23(35-14)21(17)32/h5-6,8,11-12,14,17,21,23,32H,3-4,7,9-10H2,1-2H3,(H,27,28,30)/t12-,14+,17-,21+,23-/m1/s1. The molecule has 0 radical (unpaired) electrons. The van der Waals surface area contributed by atoms with Crippen LogP contribution in [0.25, 0.3) is 22.3 Å². The third-order valence-corrected chi connectivity index (χ3v) is 6.90. The lowest BCUT2D eigenvalue weighted by Crippen LogP contribution is -2.48. The van der Waals surface area contributed by atoms with E-state index in [4.69, 9.17) is 14.2 Å². The van der Waals surface area contributed by atoms with Crippen molar-refractivity contribution in [3.05, 3.63) is 35.8 Å². The van der Waals surface area contributed by atoms with Crippen molar-refractivity contribution >= 4 is 17.0 Å². The second-order valence-electron chi connectivity index (χ2n) is 9.65. The summed E-state index contributed by atoms with van der Waals surface area (Å²) in [5, 5.41) is 13.5. The van der Waals surface area contributed by atoms with Gasteiger partial charge >= 0.3 is 0 Å². The maximum atomic E-state index is 15.3. The molecule has 0 amide bonds. The molecule has 0 spiro atoms. The maximum Gasteiger partial charge on any atom is 0.223 e. The Morgan fingerprint density at radius 3 is 2.80 bits per heavy atom. The molecule has 3 saturated heterocycles.